The topological polar surface area (TPSA) is 86.2 Å². The van der Waals surface area contributed by atoms with Crippen molar-refractivity contribution in [2.24, 2.45) is 5.10 Å². The molecule has 0 aliphatic heterocycles. The molecule has 0 atom stereocenters. The second-order valence-corrected chi connectivity index (χ2v) is 7.66. The van der Waals surface area contributed by atoms with Crippen molar-refractivity contribution in [1.29, 1.82) is 0 Å². The number of rotatable bonds is 11. The first-order chi connectivity index (χ1) is 16.5. The molecule has 1 N–H and O–H groups in total. The van der Waals surface area contributed by atoms with E-state index in [0.29, 0.717) is 34.3 Å². The highest BCUT2D eigenvalue weighted by Gasteiger charge is 2.09. The van der Waals surface area contributed by atoms with Crippen LogP contribution in [-0.4, -0.2) is 31.3 Å². The Morgan fingerprint density at radius 2 is 1.50 bits per heavy atom. The van der Waals surface area contributed by atoms with E-state index < -0.39 is 11.9 Å². The lowest BCUT2D eigenvalue weighted by Gasteiger charge is -2.07. The number of hydrogen-bond donors (Lipinski definition) is 1. The average molecular weight is 481 g/mol. The van der Waals surface area contributed by atoms with Gasteiger partial charge in [-0.2, -0.15) is 5.10 Å². The lowest BCUT2D eigenvalue weighted by atomic mass is 10.2. The quantitative estimate of drug-likeness (QED) is 0.133. The zero-order valence-electron chi connectivity index (χ0n) is 18.7. The second-order valence-electron chi connectivity index (χ2n) is 7.22. The van der Waals surface area contributed by atoms with E-state index in [0.717, 1.165) is 18.6 Å². The predicted molar refractivity (Wildman–Crippen MR) is 131 cm³/mol. The number of halogens is 1. The molecule has 0 fully saturated rings. The summed E-state index contributed by atoms with van der Waals surface area (Å²) < 4.78 is 16.3. The third-order valence-electron chi connectivity index (χ3n) is 4.53. The maximum Gasteiger partial charge on any atom is 0.343 e. The molecule has 0 aliphatic carbocycles. The summed E-state index contributed by atoms with van der Waals surface area (Å²) >= 11 is 5.80. The molecule has 7 nitrogen and oxygen atoms in total. The molecule has 34 heavy (non-hydrogen) atoms. The fourth-order valence-corrected chi connectivity index (χ4v) is 2.83. The van der Waals surface area contributed by atoms with Gasteiger partial charge in [-0.1, -0.05) is 24.9 Å². The third kappa shape index (κ3) is 8.26. The minimum absolute atomic E-state index is 0.181. The van der Waals surface area contributed by atoms with Crippen LogP contribution in [0.4, 0.5) is 0 Å². The van der Waals surface area contributed by atoms with Gasteiger partial charge in [0.25, 0.3) is 5.91 Å². The average Bonchev–Trinajstić information content (AvgIpc) is 2.85. The Morgan fingerprint density at radius 1 is 0.882 bits per heavy atom. The number of nitrogens with one attached hydrogen (secondary N) is 1. The number of esters is 1. The molecule has 1 amide bonds. The van der Waals surface area contributed by atoms with Gasteiger partial charge in [0.05, 0.1) is 18.4 Å². The summed E-state index contributed by atoms with van der Waals surface area (Å²) in [5, 5.41) is 4.48. The highest BCUT2D eigenvalue weighted by atomic mass is 35.5. The van der Waals surface area contributed by atoms with Crippen LogP contribution in [0.3, 0.4) is 0 Å². The van der Waals surface area contributed by atoms with E-state index in [1.807, 2.05) is 0 Å². The van der Waals surface area contributed by atoms with E-state index in [1.165, 1.54) is 6.21 Å². The lowest BCUT2D eigenvalue weighted by Crippen LogP contribution is -2.24. The standard InChI is InChI=1S/C26H25ClN2O5/c1-2-3-16-32-22-12-6-20(7-13-22)26(31)34-24-10-4-19(5-11-24)17-28-29-25(30)18-33-23-14-8-21(27)9-15-23/h4-15,17H,2-3,16,18H2,1H3,(H,29,30). The summed E-state index contributed by atoms with van der Waals surface area (Å²) in [7, 11) is 0. The molecular weight excluding hydrogens is 456 g/mol. The van der Waals surface area contributed by atoms with E-state index in [2.05, 4.69) is 17.5 Å². The molecule has 0 spiro atoms. The van der Waals surface area contributed by atoms with Crippen molar-refractivity contribution in [3.8, 4) is 17.2 Å². The van der Waals surface area contributed by atoms with Crippen LogP contribution < -0.4 is 19.6 Å². The van der Waals surface area contributed by atoms with Crippen molar-refractivity contribution in [2.45, 2.75) is 19.8 Å². The van der Waals surface area contributed by atoms with Crippen molar-refractivity contribution in [2.75, 3.05) is 13.2 Å². The third-order valence-corrected chi connectivity index (χ3v) is 4.79. The van der Waals surface area contributed by atoms with Gasteiger partial charge in [0.1, 0.15) is 17.2 Å². The molecule has 0 heterocycles. The van der Waals surface area contributed by atoms with E-state index in [4.69, 9.17) is 25.8 Å². The van der Waals surface area contributed by atoms with Crippen molar-refractivity contribution in [3.63, 3.8) is 0 Å². The monoisotopic (exact) mass is 480 g/mol. The number of hydrogen-bond acceptors (Lipinski definition) is 6. The molecule has 0 saturated carbocycles. The Hall–Kier alpha value is -3.84. The number of nitrogens with zero attached hydrogens (tertiary/aromatic N) is 1. The summed E-state index contributed by atoms with van der Waals surface area (Å²) in [4.78, 5) is 24.2. The molecule has 0 bridgehead atoms. The first-order valence-corrected chi connectivity index (χ1v) is 11.2. The minimum Gasteiger partial charge on any atom is -0.494 e. The first-order valence-electron chi connectivity index (χ1n) is 10.8. The van der Waals surface area contributed by atoms with Gasteiger partial charge >= 0.3 is 5.97 Å². The molecule has 0 aromatic heterocycles. The molecule has 0 saturated heterocycles. The summed E-state index contributed by atoms with van der Waals surface area (Å²) in [6.45, 7) is 2.57. The van der Waals surface area contributed by atoms with E-state index in [9.17, 15) is 9.59 Å². The van der Waals surface area contributed by atoms with Crippen LogP contribution in [0.2, 0.25) is 5.02 Å². The number of amides is 1. The van der Waals surface area contributed by atoms with Crippen LogP contribution >= 0.6 is 11.6 Å². The molecule has 0 aliphatic rings. The van der Waals surface area contributed by atoms with Gasteiger partial charge in [0, 0.05) is 5.02 Å². The Balaban J connectivity index is 1.43. The molecule has 0 radical (unpaired) electrons. The van der Waals surface area contributed by atoms with Gasteiger partial charge in [-0.15, -0.1) is 0 Å². The van der Waals surface area contributed by atoms with Crippen molar-refractivity contribution in [1.82, 2.24) is 5.43 Å². The van der Waals surface area contributed by atoms with Gasteiger partial charge in [-0.25, -0.2) is 10.2 Å². The molecule has 8 heteroatoms. The van der Waals surface area contributed by atoms with E-state index in [1.54, 1.807) is 72.8 Å². The Bertz CT molecular complexity index is 1100. The number of ether oxygens (including phenoxy) is 3. The maximum atomic E-state index is 12.3. The predicted octanol–water partition coefficient (Wildman–Crippen LogP) is 5.27. The summed E-state index contributed by atoms with van der Waals surface area (Å²) in [6.07, 6.45) is 3.52. The smallest absolute Gasteiger partial charge is 0.343 e. The normalized spacial score (nSPS) is 10.6. The van der Waals surface area contributed by atoms with Gasteiger partial charge in [0.2, 0.25) is 0 Å². The Labute approximate surface area is 203 Å². The zero-order chi connectivity index (χ0) is 24.2. The lowest BCUT2D eigenvalue weighted by molar-refractivity contribution is -0.123. The van der Waals surface area contributed by atoms with Crippen LogP contribution in [0.1, 0.15) is 35.7 Å². The molecule has 0 unspecified atom stereocenters. The van der Waals surface area contributed by atoms with Gasteiger partial charge in [-0.3, -0.25) is 4.79 Å². The summed E-state index contributed by atoms with van der Waals surface area (Å²) in [6, 6.07) is 20.3. The highest BCUT2D eigenvalue weighted by Crippen LogP contribution is 2.17. The first kappa shape index (κ1) is 24.8. The number of carbonyl (C=O) groups excluding carboxylic acids is 2. The number of benzene rings is 3. The highest BCUT2D eigenvalue weighted by molar-refractivity contribution is 6.30. The second kappa shape index (κ2) is 13.0. The van der Waals surface area contributed by atoms with Crippen LogP contribution in [0.5, 0.6) is 17.2 Å². The number of hydrazone groups is 1. The zero-order valence-corrected chi connectivity index (χ0v) is 19.5. The van der Waals surface area contributed by atoms with Gasteiger partial charge < -0.3 is 14.2 Å². The molecular formula is C26H25ClN2O5. The molecule has 3 aromatic carbocycles. The van der Waals surface area contributed by atoms with E-state index >= 15 is 0 Å². The molecule has 176 valence electrons. The van der Waals surface area contributed by atoms with E-state index in [-0.39, 0.29) is 6.61 Å². The van der Waals surface area contributed by atoms with Crippen molar-refractivity contribution >= 4 is 29.7 Å². The van der Waals surface area contributed by atoms with Crippen LogP contribution in [-0.2, 0) is 4.79 Å². The Morgan fingerprint density at radius 3 is 2.18 bits per heavy atom. The fourth-order valence-electron chi connectivity index (χ4n) is 2.70. The fraction of sp³-hybridized carbons (Fsp3) is 0.192. The van der Waals surface area contributed by atoms with Crippen molar-refractivity contribution < 1.29 is 23.8 Å². The minimum atomic E-state index is -0.463. The van der Waals surface area contributed by atoms with Crippen LogP contribution in [0.15, 0.2) is 77.9 Å². The van der Waals surface area contributed by atoms with Crippen LogP contribution in [0, 0.1) is 0 Å². The molecule has 3 aromatic rings. The van der Waals surface area contributed by atoms with Gasteiger partial charge in [-0.05, 0) is 84.8 Å². The largest absolute Gasteiger partial charge is 0.494 e. The summed E-state index contributed by atoms with van der Waals surface area (Å²) in [5.74, 6) is 0.779. The number of carbonyl (C=O) groups is 2. The number of unbranched alkanes of at least 4 members (excludes halogenated alkanes) is 1. The van der Waals surface area contributed by atoms with Crippen molar-refractivity contribution in [3.05, 3.63) is 88.9 Å². The van der Waals surface area contributed by atoms with Gasteiger partial charge in [0.15, 0.2) is 6.61 Å². The Kier molecular flexibility index (Phi) is 9.49. The maximum absolute atomic E-state index is 12.3. The molecule has 3 rings (SSSR count). The SMILES string of the molecule is CCCCOc1ccc(C(=O)Oc2ccc(C=NNC(=O)COc3ccc(Cl)cc3)cc2)cc1. The summed E-state index contributed by atoms with van der Waals surface area (Å²) in [5.41, 5.74) is 3.53. The van der Waals surface area contributed by atoms with Crippen LogP contribution in [0.25, 0.3) is 0 Å².